The molecule has 0 spiro atoms. The molecular weight excluding hydrogens is 315 g/mol. The lowest BCUT2D eigenvalue weighted by atomic mass is 10.2. The lowest BCUT2D eigenvalue weighted by molar-refractivity contribution is 0.0791. The third kappa shape index (κ3) is 2.94. The molecule has 0 N–H and O–H groups in total. The predicted octanol–water partition coefficient (Wildman–Crippen LogP) is 3.19. The Bertz CT molecular complexity index is 891. The van der Waals surface area contributed by atoms with E-state index in [0.717, 1.165) is 5.56 Å². The second-order valence-electron chi connectivity index (χ2n) is 5.04. The van der Waals surface area contributed by atoms with E-state index in [1.165, 1.54) is 28.4 Å². The summed E-state index contributed by atoms with van der Waals surface area (Å²) in [6.45, 7) is 0.381. The number of rotatable bonds is 4. The maximum atomic E-state index is 13.0. The number of fused-ring (bicyclic) bond motifs is 1. The summed E-state index contributed by atoms with van der Waals surface area (Å²) >= 11 is 1.37. The van der Waals surface area contributed by atoms with Gasteiger partial charge in [-0.3, -0.25) is 9.20 Å². The Morgan fingerprint density at radius 2 is 2.17 bits per heavy atom. The van der Waals surface area contributed by atoms with E-state index in [1.54, 1.807) is 35.2 Å². The molecule has 2 aromatic heterocycles. The largest absolute Gasteiger partial charge is 0.339 e. The van der Waals surface area contributed by atoms with Crippen LogP contribution in [0.5, 0.6) is 0 Å². The van der Waals surface area contributed by atoms with Crippen LogP contribution in [-0.4, -0.2) is 33.8 Å². The molecule has 5 nitrogen and oxygen atoms in total. The van der Waals surface area contributed by atoms with Crippen molar-refractivity contribution in [1.29, 1.82) is 5.26 Å². The molecule has 0 aliphatic heterocycles. The maximum Gasteiger partial charge on any atom is 0.271 e. The van der Waals surface area contributed by atoms with Crippen molar-refractivity contribution in [3.8, 4) is 17.3 Å². The molecule has 7 heteroatoms. The van der Waals surface area contributed by atoms with E-state index in [0.29, 0.717) is 29.3 Å². The van der Waals surface area contributed by atoms with Gasteiger partial charge in [-0.1, -0.05) is 0 Å². The first-order chi connectivity index (χ1) is 11.1. The first-order valence-corrected chi connectivity index (χ1v) is 7.83. The number of amides is 1. The number of nitrogens with zero attached hydrogens (tertiary/aromatic N) is 4. The average Bonchev–Trinajstić information content (AvgIpc) is 3.13. The number of halogens is 1. The highest BCUT2D eigenvalue weighted by Gasteiger charge is 2.18. The Morgan fingerprint density at radius 3 is 2.87 bits per heavy atom. The lowest BCUT2D eigenvalue weighted by Gasteiger charge is -2.14. The zero-order valence-electron chi connectivity index (χ0n) is 12.4. The Hall–Kier alpha value is -2.72. The molecule has 3 aromatic rings. The number of nitriles is 1. The molecule has 2 heterocycles. The summed E-state index contributed by atoms with van der Waals surface area (Å²) in [7, 11) is 1.67. The number of thiazole rings is 1. The monoisotopic (exact) mass is 328 g/mol. The average molecular weight is 328 g/mol. The summed E-state index contributed by atoms with van der Waals surface area (Å²) in [6, 6.07) is 8.09. The number of hydrogen-bond donors (Lipinski definition) is 0. The Balaban J connectivity index is 1.93. The van der Waals surface area contributed by atoms with Gasteiger partial charge in [-0.25, -0.2) is 9.37 Å². The number of carbonyl (C=O) groups is 1. The second kappa shape index (κ2) is 6.18. The van der Waals surface area contributed by atoms with Gasteiger partial charge in [0.25, 0.3) is 5.91 Å². The molecule has 0 atom stereocenters. The van der Waals surface area contributed by atoms with Gasteiger partial charge in [0.1, 0.15) is 11.5 Å². The number of benzene rings is 1. The Morgan fingerprint density at radius 1 is 1.43 bits per heavy atom. The van der Waals surface area contributed by atoms with Gasteiger partial charge in [0, 0.05) is 30.7 Å². The van der Waals surface area contributed by atoms with Gasteiger partial charge in [-0.15, -0.1) is 11.3 Å². The van der Waals surface area contributed by atoms with E-state index in [9.17, 15) is 9.18 Å². The minimum Gasteiger partial charge on any atom is -0.339 e. The lowest BCUT2D eigenvalue weighted by Crippen LogP contribution is -2.28. The van der Waals surface area contributed by atoms with Crippen LogP contribution in [0.2, 0.25) is 0 Å². The normalized spacial score (nSPS) is 10.7. The van der Waals surface area contributed by atoms with Crippen LogP contribution in [0.15, 0.2) is 35.8 Å². The molecule has 3 rings (SSSR count). The van der Waals surface area contributed by atoms with Crippen molar-refractivity contribution in [3.63, 3.8) is 0 Å². The molecule has 0 unspecified atom stereocenters. The van der Waals surface area contributed by atoms with Crippen LogP contribution >= 0.6 is 11.3 Å². The third-order valence-corrected chi connectivity index (χ3v) is 4.31. The molecule has 23 heavy (non-hydrogen) atoms. The molecule has 1 aromatic carbocycles. The van der Waals surface area contributed by atoms with Crippen LogP contribution in [-0.2, 0) is 0 Å². The van der Waals surface area contributed by atoms with E-state index >= 15 is 0 Å². The third-order valence-electron chi connectivity index (χ3n) is 3.47. The van der Waals surface area contributed by atoms with Gasteiger partial charge in [-0.05, 0) is 24.3 Å². The fraction of sp³-hybridized carbons (Fsp3) is 0.188. The van der Waals surface area contributed by atoms with Gasteiger partial charge >= 0.3 is 0 Å². The number of hydrogen-bond acceptors (Lipinski definition) is 4. The van der Waals surface area contributed by atoms with Crippen LogP contribution in [0.3, 0.4) is 0 Å². The molecule has 0 saturated carbocycles. The van der Waals surface area contributed by atoms with Crippen molar-refractivity contribution in [2.24, 2.45) is 0 Å². The van der Waals surface area contributed by atoms with E-state index in [1.807, 2.05) is 6.07 Å². The summed E-state index contributed by atoms with van der Waals surface area (Å²) in [4.78, 5) is 19.1. The fourth-order valence-corrected chi connectivity index (χ4v) is 3.06. The highest BCUT2D eigenvalue weighted by atomic mass is 32.1. The summed E-state index contributed by atoms with van der Waals surface area (Å²) in [6.07, 6.45) is 2.06. The van der Waals surface area contributed by atoms with Gasteiger partial charge in [0.2, 0.25) is 0 Å². The quantitative estimate of drug-likeness (QED) is 0.739. The van der Waals surface area contributed by atoms with E-state index < -0.39 is 0 Å². The highest BCUT2D eigenvalue weighted by Crippen LogP contribution is 2.24. The topological polar surface area (TPSA) is 61.4 Å². The van der Waals surface area contributed by atoms with E-state index in [-0.39, 0.29) is 11.7 Å². The van der Waals surface area contributed by atoms with E-state index in [4.69, 9.17) is 5.26 Å². The summed E-state index contributed by atoms with van der Waals surface area (Å²) in [5.74, 6) is -0.459. The number of carbonyl (C=O) groups excluding carboxylic acids is 1. The fourth-order valence-electron chi connectivity index (χ4n) is 2.21. The van der Waals surface area contributed by atoms with Gasteiger partial charge < -0.3 is 4.90 Å². The van der Waals surface area contributed by atoms with Gasteiger partial charge in [0.15, 0.2) is 4.96 Å². The first-order valence-electron chi connectivity index (χ1n) is 6.95. The van der Waals surface area contributed by atoms with Crippen LogP contribution in [0, 0.1) is 17.1 Å². The standard InChI is InChI=1S/C16H13FN4OS/c1-20(8-2-7-18)15(22)14-10-23-16-19-13(9-21(14)16)11-3-5-12(17)6-4-11/h3-6,9-10H,2,8H2,1H3. The summed E-state index contributed by atoms with van der Waals surface area (Å²) in [5.41, 5.74) is 1.98. The zero-order valence-corrected chi connectivity index (χ0v) is 13.2. The van der Waals surface area contributed by atoms with Crippen LogP contribution in [0.4, 0.5) is 4.39 Å². The Labute approximate surface area is 136 Å². The second-order valence-corrected chi connectivity index (χ2v) is 5.88. The van der Waals surface area contributed by atoms with Crippen molar-refractivity contribution in [1.82, 2.24) is 14.3 Å². The van der Waals surface area contributed by atoms with Crippen LogP contribution in [0.1, 0.15) is 16.9 Å². The number of aromatic nitrogens is 2. The SMILES string of the molecule is CN(CCC#N)C(=O)c1csc2nc(-c3ccc(F)cc3)cn12. The van der Waals surface area contributed by atoms with Crippen LogP contribution < -0.4 is 0 Å². The van der Waals surface area contributed by atoms with Crippen molar-refractivity contribution in [3.05, 3.63) is 47.4 Å². The molecule has 0 fully saturated rings. The molecule has 0 saturated heterocycles. The molecule has 116 valence electrons. The highest BCUT2D eigenvalue weighted by molar-refractivity contribution is 7.15. The van der Waals surface area contributed by atoms with Crippen molar-refractivity contribution >= 4 is 22.2 Å². The smallest absolute Gasteiger partial charge is 0.271 e. The zero-order chi connectivity index (χ0) is 16.4. The summed E-state index contributed by atoms with van der Waals surface area (Å²) < 4.78 is 14.7. The molecule has 0 aliphatic rings. The van der Waals surface area contributed by atoms with Crippen molar-refractivity contribution < 1.29 is 9.18 Å². The summed E-state index contributed by atoms with van der Waals surface area (Å²) in [5, 5.41) is 10.4. The minimum atomic E-state index is -0.301. The molecular formula is C16H13FN4OS. The Kier molecular flexibility index (Phi) is 4.08. The van der Waals surface area contributed by atoms with Gasteiger partial charge in [-0.2, -0.15) is 5.26 Å². The van der Waals surface area contributed by atoms with E-state index in [2.05, 4.69) is 4.98 Å². The molecule has 0 bridgehead atoms. The number of imidazole rings is 1. The maximum absolute atomic E-state index is 13.0. The van der Waals surface area contributed by atoms with Crippen molar-refractivity contribution in [2.75, 3.05) is 13.6 Å². The molecule has 0 aliphatic carbocycles. The molecule has 0 radical (unpaired) electrons. The molecule has 1 amide bonds. The predicted molar refractivity (Wildman–Crippen MR) is 85.7 cm³/mol. The first kappa shape index (κ1) is 15.2. The van der Waals surface area contributed by atoms with Gasteiger partial charge in [0.05, 0.1) is 18.2 Å². The minimum absolute atomic E-state index is 0.158. The van der Waals surface area contributed by atoms with Crippen molar-refractivity contribution in [2.45, 2.75) is 6.42 Å². The van der Waals surface area contributed by atoms with Crippen LogP contribution in [0.25, 0.3) is 16.2 Å².